The van der Waals surface area contributed by atoms with Crippen LogP contribution in [0.25, 0.3) is 16.7 Å². The first-order chi connectivity index (χ1) is 14.0. The Bertz CT molecular complexity index is 1130. The minimum atomic E-state index is -2.89. The molecule has 2 aliphatic rings. The fourth-order valence-electron chi connectivity index (χ4n) is 3.55. The number of aromatic amines is 1. The zero-order valence-electron chi connectivity index (χ0n) is 15.2. The lowest BCUT2D eigenvalue weighted by Crippen LogP contribution is -2.25. The first kappa shape index (κ1) is 18.3. The number of halogens is 3. The summed E-state index contributed by atoms with van der Waals surface area (Å²) in [6.45, 7) is 1.03. The Hall–Kier alpha value is -2.72. The highest BCUT2D eigenvalue weighted by atomic mass is 19.3. The molecule has 1 aromatic carbocycles. The molecule has 1 aliphatic carbocycles. The van der Waals surface area contributed by atoms with Crippen molar-refractivity contribution < 1.29 is 22.6 Å². The second-order valence-electron chi connectivity index (χ2n) is 7.21. The SMILES string of the molecule is O=c1[nH]c(C2COCCO2)nc2nn(-c3c(F)cc(C4CC4)cc3C(F)F)cc12. The number of nitrogens with zero attached hydrogens (tertiary/aromatic N) is 3. The average molecular weight is 406 g/mol. The molecular weight excluding hydrogens is 389 g/mol. The lowest BCUT2D eigenvalue weighted by atomic mass is 10.0. The average Bonchev–Trinajstić information content (AvgIpc) is 3.47. The number of benzene rings is 1. The molecule has 1 aliphatic heterocycles. The molecule has 2 fully saturated rings. The van der Waals surface area contributed by atoms with Crippen molar-refractivity contribution in [2.45, 2.75) is 31.3 Å². The second-order valence-corrected chi connectivity index (χ2v) is 7.21. The molecule has 0 bridgehead atoms. The third-order valence-electron chi connectivity index (χ3n) is 5.16. The Morgan fingerprint density at radius 2 is 2.07 bits per heavy atom. The number of alkyl halides is 2. The van der Waals surface area contributed by atoms with E-state index in [9.17, 15) is 18.0 Å². The van der Waals surface area contributed by atoms with Crippen LogP contribution < -0.4 is 5.56 Å². The molecule has 7 nitrogen and oxygen atoms in total. The van der Waals surface area contributed by atoms with E-state index in [1.807, 2.05) is 0 Å². The molecule has 1 saturated carbocycles. The topological polar surface area (TPSA) is 82.0 Å². The normalized spacial score (nSPS) is 19.9. The van der Waals surface area contributed by atoms with Gasteiger partial charge in [0.1, 0.15) is 28.8 Å². The van der Waals surface area contributed by atoms with Crippen LogP contribution in [0.15, 0.2) is 23.1 Å². The summed E-state index contributed by atoms with van der Waals surface area (Å²) < 4.78 is 54.0. The molecule has 2 aromatic heterocycles. The van der Waals surface area contributed by atoms with Crippen LogP contribution in [0.3, 0.4) is 0 Å². The van der Waals surface area contributed by atoms with Gasteiger partial charge in [-0.1, -0.05) is 0 Å². The van der Waals surface area contributed by atoms with Gasteiger partial charge >= 0.3 is 0 Å². The van der Waals surface area contributed by atoms with Crippen LogP contribution in [0.4, 0.5) is 13.2 Å². The summed E-state index contributed by atoms with van der Waals surface area (Å²) in [6, 6.07) is 2.59. The molecule has 0 amide bonds. The minimum absolute atomic E-state index is 0.0174. The maximum atomic E-state index is 14.8. The Labute approximate surface area is 162 Å². The molecule has 1 unspecified atom stereocenters. The summed E-state index contributed by atoms with van der Waals surface area (Å²) in [4.78, 5) is 19.3. The predicted octanol–water partition coefficient (Wildman–Crippen LogP) is 3.15. The summed E-state index contributed by atoms with van der Waals surface area (Å²) in [5.74, 6) is -0.457. The van der Waals surface area contributed by atoms with Crippen LogP contribution in [0.2, 0.25) is 0 Å². The first-order valence-electron chi connectivity index (χ1n) is 9.32. The standard InChI is InChI=1S/C19H17F3N4O3/c20-13-6-10(9-1-2-9)5-11(16(21)22)15(13)26-7-12-17(25-26)23-18(24-19(12)27)14-8-28-3-4-29-14/h5-7,9,14,16H,1-4,8H2,(H,23,24,25,27). The van der Waals surface area contributed by atoms with Crippen LogP contribution in [-0.2, 0) is 9.47 Å². The quantitative estimate of drug-likeness (QED) is 0.720. The molecule has 29 heavy (non-hydrogen) atoms. The second kappa shape index (κ2) is 6.96. The first-order valence-corrected chi connectivity index (χ1v) is 9.32. The number of H-pyrrole nitrogens is 1. The Kier molecular flexibility index (Phi) is 4.39. The molecule has 3 aromatic rings. The zero-order chi connectivity index (χ0) is 20.1. The number of hydrogen-bond donors (Lipinski definition) is 1. The van der Waals surface area contributed by atoms with E-state index >= 15 is 0 Å². The number of aromatic nitrogens is 4. The van der Waals surface area contributed by atoms with Gasteiger partial charge in [-0.3, -0.25) is 4.79 Å². The molecule has 0 radical (unpaired) electrons. The van der Waals surface area contributed by atoms with Gasteiger partial charge < -0.3 is 14.5 Å². The van der Waals surface area contributed by atoms with Gasteiger partial charge in [-0.25, -0.2) is 22.8 Å². The molecular formula is C19H17F3N4O3. The van der Waals surface area contributed by atoms with E-state index < -0.39 is 29.5 Å². The van der Waals surface area contributed by atoms with Crippen molar-refractivity contribution in [3.63, 3.8) is 0 Å². The number of ether oxygens (including phenoxy) is 2. The van der Waals surface area contributed by atoms with Crippen molar-refractivity contribution in [2.24, 2.45) is 0 Å². The van der Waals surface area contributed by atoms with Gasteiger partial charge in [-0.2, -0.15) is 0 Å². The van der Waals surface area contributed by atoms with E-state index in [1.165, 1.54) is 18.3 Å². The van der Waals surface area contributed by atoms with Crippen molar-refractivity contribution in [2.75, 3.05) is 19.8 Å². The Morgan fingerprint density at radius 3 is 2.76 bits per heavy atom. The van der Waals surface area contributed by atoms with Gasteiger partial charge in [-0.15, -0.1) is 5.10 Å². The summed E-state index contributed by atoms with van der Waals surface area (Å²) >= 11 is 0. The zero-order valence-corrected chi connectivity index (χ0v) is 15.2. The highest BCUT2D eigenvalue weighted by Gasteiger charge is 2.29. The number of nitrogens with one attached hydrogen (secondary N) is 1. The maximum absolute atomic E-state index is 14.8. The van der Waals surface area contributed by atoms with Crippen LogP contribution in [-0.4, -0.2) is 39.6 Å². The lowest BCUT2D eigenvalue weighted by molar-refractivity contribution is -0.0934. The number of fused-ring (bicyclic) bond motifs is 1. The molecule has 3 heterocycles. The smallest absolute Gasteiger partial charge is 0.266 e. The van der Waals surface area contributed by atoms with E-state index in [0.29, 0.717) is 18.8 Å². The van der Waals surface area contributed by atoms with Gasteiger partial charge in [0.2, 0.25) is 0 Å². The van der Waals surface area contributed by atoms with Gasteiger partial charge in [0.05, 0.1) is 19.8 Å². The van der Waals surface area contributed by atoms with E-state index in [2.05, 4.69) is 15.1 Å². The Balaban J connectivity index is 1.62. The van der Waals surface area contributed by atoms with Gasteiger partial charge in [0, 0.05) is 11.8 Å². The van der Waals surface area contributed by atoms with Crippen molar-refractivity contribution >= 4 is 11.0 Å². The van der Waals surface area contributed by atoms with Crippen LogP contribution >= 0.6 is 0 Å². The number of hydrogen-bond acceptors (Lipinski definition) is 5. The van der Waals surface area contributed by atoms with E-state index in [1.54, 1.807) is 0 Å². The highest BCUT2D eigenvalue weighted by Crippen LogP contribution is 2.42. The van der Waals surface area contributed by atoms with E-state index in [4.69, 9.17) is 9.47 Å². The monoisotopic (exact) mass is 406 g/mol. The van der Waals surface area contributed by atoms with Crippen LogP contribution in [0.5, 0.6) is 0 Å². The molecule has 1 atom stereocenters. The third kappa shape index (κ3) is 3.32. The fourth-order valence-corrected chi connectivity index (χ4v) is 3.55. The largest absolute Gasteiger partial charge is 0.376 e. The molecule has 152 valence electrons. The van der Waals surface area contributed by atoms with Crippen molar-refractivity contribution in [3.8, 4) is 5.69 Å². The summed E-state index contributed by atoms with van der Waals surface area (Å²) in [6.07, 6.45) is -0.508. The van der Waals surface area contributed by atoms with Crippen molar-refractivity contribution in [3.05, 3.63) is 51.5 Å². The predicted molar refractivity (Wildman–Crippen MR) is 95.9 cm³/mol. The van der Waals surface area contributed by atoms with Crippen LogP contribution in [0.1, 0.15) is 48.2 Å². The molecule has 0 spiro atoms. The van der Waals surface area contributed by atoms with Gasteiger partial charge in [0.25, 0.3) is 12.0 Å². The minimum Gasteiger partial charge on any atom is -0.376 e. The highest BCUT2D eigenvalue weighted by molar-refractivity contribution is 5.73. The molecule has 1 N–H and O–H groups in total. The summed E-state index contributed by atoms with van der Waals surface area (Å²) in [7, 11) is 0. The van der Waals surface area contributed by atoms with E-state index in [0.717, 1.165) is 17.5 Å². The molecule has 5 rings (SSSR count). The van der Waals surface area contributed by atoms with Gasteiger partial charge in [-0.05, 0) is 36.5 Å². The maximum Gasteiger partial charge on any atom is 0.266 e. The molecule has 1 saturated heterocycles. The lowest BCUT2D eigenvalue weighted by Gasteiger charge is -2.21. The van der Waals surface area contributed by atoms with Crippen molar-refractivity contribution in [1.29, 1.82) is 0 Å². The number of rotatable bonds is 4. The summed E-state index contributed by atoms with van der Waals surface area (Å²) in [5, 5.41) is 4.18. The Morgan fingerprint density at radius 1 is 1.24 bits per heavy atom. The van der Waals surface area contributed by atoms with E-state index in [-0.39, 0.29) is 35.1 Å². The van der Waals surface area contributed by atoms with Gasteiger partial charge in [0.15, 0.2) is 5.65 Å². The summed E-state index contributed by atoms with van der Waals surface area (Å²) in [5.41, 5.74) is -0.769. The third-order valence-corrected chi connectivity index (χ3v) is 5.16. The van der Waals surface area contributed by atoms with Crippen LogP contribution in [0, 0.1) is 5.82 Å². The van der Waals surface area contributed by atoms with Crippen molar-refractivity contribution in [1.82, 2.24) is 19.7 Å². The molecule has 10 heteroatoms. The fraction of sp³-hybridized carbons (Fsp3) is 0.421.